The molecule has 0 radical (unpaired) electrons. The van der Waals surface area contributed by atoms with Crippen molar-refractivity contribution in [3.63, 3.8) is 0 Å². The van der Waals surface area contributed by atoms with E-state index < -0.39 is 5.41 Å². The Kier molecular flexibility index (Phi) is 6.80. The first-order chi connectivity index (χ1) is 8.99. The zero-order chi connectivity index (χ0) is 14.3. The van der Waals surface area contributed by atoms with Crippen molar-refractivity contribution in [2.24, 2.45) is 11.3 Å². The summed E-state index contributed by atoms with van der Waals surface area (Å²) in [5, 5.41) is 3.46. The molecule has 1 aliphatic heterocycles. The molecule has 1 N–H and O–H groups in total. The molecule has 0 aromatic rings. The topological polar surface area (TPSA) is 41.6 Å². The summed E-state index contributed by atoms with van der Waals surface area (Å²) < 4.78 is 4.91. The van der Waals surface area contributed by atoms with Gasteiger partial charge in [-0.25, -0.2) is 0 Å². The number of carbonyl (C=O) groups excluding carboxylic acids is 1. The van der Waals surface area contributed by atoms with Gasteiger partial charge in [-0.05, 0) is 58.7 Å². The van der Waals surface area contributed by atoms with Crippen LogP contribution in [0.5, 0.6) is 0 Å². The van der Waals surface area contributed by atoms with Crippen molar-refractivity contribution in [3.05, 3.63) is 0 Å². The maximum absolute atomic E-state index is 11.8. The van der Waals surface area contributed by atoms with Crippen LogP contribution < -0.4 is 5.32 Å². The average molecular weight is 270 g/mol. The van der Waals surface area contributed by atoms with Crippen LogP contribution in [0, 0.1) is 11.3 Å². The Morgan fingerprint density at radius 1 is 1.47 bits per heavy atom. The highest BCUT2D eigenvalue weighted by atomic mass is 16.5. The highest BCUT2D eigenvalue weighted by Gasteiger charge is 2.31. The molecule has 4 heteroatoms. The lowest BCUT2D eigenvalue weighted by molar-refractivity contribution is -0.151. The molecule has 0 spiro atoms. The Bertz CT molecular complexity index is 273. The molecule has 0 bridgehead atoms. The minimum atomic E-state index is -0.425. The summed E-state index contributed by atoms with van der Waals surface area (Å²) in [6, 6.07) is 0. The number of rotatable bonds is 7. The lowest BCUT2D eigenvalue weighted by Crippen LogP contribution is -2.44. The Balaban J connectivity index is 2.53. The van der Waals surface area contributed by atoms with Crippen LogP contribution in [0.2, 0.25) is 0 Å². The Morgan fingerprint density at radius 2 is 2.21 bits per heavy atom. The van der Waals surface area contributed by atoms with Gasteiger partial charge >= 0.3 is 5.97 Å². The van der Waals surface area contributed by atoms with Gasteiger partial charge in [-0.2, -0.15) is 0 Å². The third kappa shape index (κ3) is 5.49. The van der Waals surface area contributed by atoms with E-state index in [0.717, 1.165) is 39.1 Å². The van der Waals surface area contributed by atoms with E-state index in [-0.39, 0.29) is 5.97 Å². The van der Waals surface area contributed by atoms with Crippen molar-refractivity contribution in [1.82, 2.24) is 10.2 Å². The molecular formula is C15H30N2O2. The standard InChI is InChI=1S/C15H30N2O2/c1-5-9-17(11-13-7-6-8-16-10-13)12-15(2,3)14(18)19-4/h13,16H,5-12H2,1-4H3. The minimum Gasteiger partial charge on any atom is -0.469 e. The van der Waals surface area contributed by atoms with Gasteiger partial charge < -0.3 is 15.0 Å². The molecule has 0 aromatic carbocycles. The van der Waals surface area contributed by atoms with Crippen molar-refractivity contribution in [2.75, 3.05) is 39.8 Å². The monoisotopic (exact) mass is 270 g/mol. The molecular weight excluding hydrogens is 240 g/mol. The molecule has 4 nitrogen and oxygen atoms in total. The highest BCUT2D eigenvalue weighted by Crippen LogP contribution is 2.21. The molecule has 1 fully saturated rings. The normalized spacial score (nSPS) is 20.6. The van der Waals surface area contributed by atoms with Gasteiger partial charge in [0, 0.05) is 13.1 Å². The third-order valence-electron chi connectivity index (χ3n) is 3.81. The number of nitrogens with zero attached hydrogens (tertiary/aromatic N) is 1. The number of esters is 1. The molecule has 1 atom stereocenters. The van der Waals surface area contributed by atoms with Crippen LogP contribution in [-0.4, -0.2) is 50.7 Å². The Hall–Kier alpha value is -0.610. The molecule has 0 aromatic heterocycles. The fraction of sp³-hybridized carbons (Fsp3) is 0.933. The average Bonchev–Trinajstić information content (AvgIpc) is 2.38. The van der Waals surface area contributed by atoms with Crippen LogP contribution in [0.15, 0.2) is 0 Å². The quantitative estimate of drug-likeness (QED) is 0.717. The van der Waals surface area contributed by atoms with E-state index in [0.29, 0.717) is 5.92 Å². The zero-order valence-corrected chi connectivity index (χ0v) is 13.0. The lowest BCUT2D eigenvalue weighted by atomic mass is 9.91. The molecule has 1 rings (SSSR count). The van der Waals surface area contributed by atoms with Crippen molar-refractivity contribution >= 4 is 5.97 Å². The van der Waals surface area contributed by atoms with Gasteiger partial charge in [-0.3, -0.25) is 4.79 Å². The summed E-state index contributed by atoms with van der Waals surface area (Å²) in [5.74, 6) is 0.601. The van der Waals surface area contributed by atoms with Crippen LogP contribution in [0.1, 0.15) is 40.0 Å². The smallest absolute Gasteiger partial charge is 0.312 e. The number of methoxy groups -OCH3 is 1. The van der Waals surface area contributed by atoms with Crippen molar-refractivity contribution in [2.45, 2.75) is 40.0 Å². The summed E-state index contributed by atoms with van der Waals surface area (Å²) in [7, 11) is 1.47. The largest absolute Gasteiger partial charge is 0.469 e. The second kappa shape index (κ2) is 7.85. The van der Waals surface area contributed by atoms with Crippen LogP contribution in [0.3, 0.4) is 0 Å². The predicted octanol–water partition coefficient (Wildman–Crippen LogP) is 1.90. The number of hydrogen-bond donors (Lipinski definition) is 1. The number of hydrogen-bond acceptors (Lipinski definition) is 4. The maximum Gasteiger partial charge on any atom is 0.312 e. The SMILES string of the molecule is CCCN(CC1CCCNC1)CC(C)(C)C(=O)OC. The summed E-state index contributed by atoms with van der Waals surface area (Å²) in [5.41, 5.74) is -0.425. The summed E-state index contributed by atoms with van der Waals surface area (Å²) >= 11 is 0. The second-order valence-corrected chi connectivity index (χ2v) is 6.32. The fourth-order valence-electron chi connectivity index (χ4n) is 2.90. The van der Waals surface area contributed by atoms with Crippen LogP contribution in [0.25, 0.3) is 0 Å². The lowest BCUT2D eigenvalue weighted by Gasteiger charge is -2.34. The third-order valence-corrected chi connectivity index (χ3v) is 3.81. The van der Waals surface area contributed by atoms with Gasteiger partial charge in [0.25, 0.3) is 0 Å². The van der Waals surface area contributed by atoms with Crippen LogP contribution in [0.4, 0.5) is 0 Å². The molecule has 0 amide bonds. The molecule has 0 aliphatic carbocycles. The first kappa shape index (κ1) is 16.4. The predicted molar refractivity (Wildman–Crippen MR) is 78.1 cm³/mol. The van der Waals surface area contributed by atoms with Gasteiger partial charge in [0.1, 0.15) is 0 Å². The van der Waals surface area contributed by atoms with Gasteiger partial charge in [-0.15, -0.1) is 0 Å². The fourth-order valence-corrected chi connectivity index (χ4v) is 2.90. The minimum absolute atomic E-state index is 0.115. The van der Waals surface area contributed by atoms with Crippen molar-refractivity contribution in [1.29, 1.82) is 0 Å². The molecule has 0 saturated carbocycles. The maximum atomic E-state index is 11.8. The molecule has 1 aliphatic rings. The summed E-state index contributed by atoms with van der Waals surface area (Å²) in [6.07, 6.45) is 3.69. The van der Waals surface area contributed by atoms with E-state index in [2.05, 4.69) is 17.1 Å². The Morgan fingerprint density at radius 3 is 2.74 bits per heavy atom. The number of carbonyl (C=O) groups is 1. The zero-order valence-electron chi connectivity index (χ0n) is 13.0. The highest BCUT2D eigenvalue weighted by molar-refractivity contribution is 5.76. The van der Waals surface area contributed by atoms with E-state index in [1.54, 1.807) is 0 Å². The Labute approximate surface area is 117 Å². The summed E-state index contributed by atoms with van der Waals surface area (Å²) in [4.78, 5) is 14.2. The van der Waals surface area contributed by atoms with Crippen LogP contribution >= 0.6 is 0 Å². The number of ether oxygens (including phenoxy) is 1. The van der Waals surface area contributed by atoms with Gasteiger partial charge in [0.15, 0.2) is 0 Å². The van der Waals surface area contributed by atoms with E-state index in [9.17, 15) is 4.79 Å². The molecule has 19 heavy (non-hydrogen) atoms. The van der Waals surface area contributed by atoms with E-state index >= 15 is 0 Å². The van der Waals surface area contributed by atoms with Gasteiger partial charge in [0.2, 0.25) is 0 Å². The molecule has 112 valence electrons. The second-order valence-electron chi connectivity index (χ2n) is 6.32. The molecule has 1 unspecified atom stereocenters. The first-order valence-electron chi connectivity index (χ1n) is 7.51. The van der Waals surface area contributed by atoms with Crippen LogP contribution in [-0.2, 0) is 9.53 Å². The van der Waals surface area contributed by atoms with Gasteiger partial charge in [-0.1, -0.05) is 6.92 Å². The van der Waals surface area contributed by atoms with E-state index in [4.69, 9.17) is 4.74 Å². The van der Waals surface area contributed by atoms with Crippen molar-refractivity contribution < 1.29 is 9.53 Å². The first-order valence-corrected chi connectivity index (χ1v) is 7.51. The summed E-state index contributed by atoms with van der Waals surface area (Å²) in [6.45, 7) is 11.3. The molecule has 1 heterocycles. The molecule has 1 saturated heterocycles. The van der Waals surface area contributed by atoms with E-state index in [1.807, 2.05) is 13.8 Å². The van der Waals surface area contributed by atoms with Crippen molar-refractivity contribution in [3.8, 4) is 0 Å². The number of nitrogens with one attached hydrogen (secondary N) is 1. The number of piperidine rings is 1. The van der Waals surface area contributed by atoms with E-state index in [1.165, 1.54) is 20.0 Å². The van der Waals surface area contributed by atoms with Gasteiger partial charge in [0.05, 0.1) is 12.5 Å².